The van der Waals surface area contributed by atoms with Gasteiger partial charge in [-0.05, 0) is 40.0 Å². The first-order valence-corrected chi connectivity index (χ1v) is 8.41. The van der Waals surface area contributed by atoms with Crippen molar-refractivity contribution < 1.29 is 42.8 Å². The molecule has 138 valence electrons. The summed E-state index contributed by atoms with van der Waals surface area (Å²) in [5, 5.41) is 0. The van der Waals surface area contributed by atoms with Crippen molar-refractivity contribution >= 4 is 22.0 Å². The third-order valence-electron chi connectivity index (χ3n) is 3.29. The Balaban J connectivity index is 2.50. The van der Waals surface area contributed by atoms with E-state index in [2.05, 4.69) is 0 Å². The van der Waals surface area contributed by atoms with Crippen LogP contribution in [0.4, 0.5) is 0 Å². The van der Waals surface area contributed by atoms with Crippen molar-refractivity contribution in [1.29, 1.82) is 0 Å². The van der Waals surface area contributed by atoms with Crippen molar-refractivity contribution in [2.75, 3.05) is 0 Å². The molecule has 0 radical (unpaired) electrons. The molecule has 0 saturated carbocycles. The highest BCUT2D eigenvalue weighted by atomic mass is 17.3. The summed E-state index contributed by atoms with van der Waals surface area (Å²) in [7, 11) is -3.66. The maximum atomic E-state index is 5.27. The molecule has 1 heterocycles. The first-order chi connectivity index (χ1) is 11.5. The minimum absolute atomic E-state index is 0.133. The Morgan fingerprint density at radius 1 is 0.583 bits per heavy atom. The van der Waals surface area contributed by atoms with Crippen molar-refractivity contribution in [2.45, 2.75) is 79.1 Å². The van der Waals surface area contributed by atoms with Crippen molar-refractivity contribution in [3.05, 3.63) is 0 Å². The van der Waals surface area contributed by atoms with Crippen molar-refractivity contribution in [2.24, 2.45) is 0 Å². The molecule has 0 aromatic rings. The maximum absolute atomic E-state index is 5.27. The van der Waals surface area contributed by atoms with Gasteiger partial charge < -0.3 is 13.7 Å². The van der Waals surface area contributed by atoms with E-state index in [1.807, 2.05) is 41.5 Å². The van der Waals surface area contributed by atoms with Crippen LogP contribution < -0.4 is 0 Å². The number of hydrogen-bond acceptors (Lipinski definition) is 9. The lowest BCUT2D eigenvalue weighted by Gasteiger charge is -2.27. The summed E-state index contributed by atoms with van der Waals surface area (Å²) in [6.45, 7) is 11.4. The van der Waals surface area contributed by atoms with E-state index < -0.39 is 22.0 Å². The molecule has 0 bridgehead atoms. The molecule has 9 nitrogen and oxygen atoms in total. The molecule has 0 aliphatic carbocycles. The molecule has 3 unspecified atom stereocenters. The minimum Gasteiger partial charge on any atom is -0.397 e. The molecule has 1 aliphatic rings. The highest BCUT2D eigenvalue weighted by molar-refractivity contribution is 6.66. The van der Waals surface area contributed by atoms with Gasteiger partial charge in [0.2, 0.25) is 0 Å². The van der Waals surface area contributed by atoms with Gasteiger partial charge in [0.05, 0.1) is 18.3 Å². The zero-order chi connectivity index (χ0) is 17.9. The second-order valence-electron chi connectivity index (χ2n) is 5.51. The average Bonchev–Trinajstić information content (AvgIpc) is 2.61. The second-order valence-corrected chi connectivity index (χ2v) is 5.51. The quantitative estimate of drug-likeness (QED) is 0.300. The Labute approximate surface area is 144 Å². The third kappa shape index (κ3) is 8.79. The van der Waals surface area contributed by atoms with E-state index in [4.69, 9.17) is 42.8 Å². The minimum atomic E-state index is -1.22. The van der Waals surface area contributed by atoms with Gasteiger partial charge in [0.1, 0.15) is 0 Å². The third-order valence-corrected chi connectivity index (χ3v) is 3.29. The highest BCUT2D eigenvalue weighted by Gasteiger charge is 2.49. The van der Waals surface area contributed by atoms with Crippen LogP contribution >= 0.6 is 0 Å². The van der Waals surface area contributed by atoms with Gasteiger partial charge >= 0.3 is 22.0 Å². The highest BCUT2D eigenvalue weighted by Crippen LogP contribution is 2.15. The monoisotopic (exact) mass is 348 g/mol. The van der Waals surface area contributed by atoms with Gasteiger partial charge in [-0.15, -0.1) is 0 Å². The van der Waals surface area contributed by atoms with E-state index >= 15 is 0 Å². The first kappa shape index (κ1) is 21.9. The molecule has 12 heteroatoms. The van der Waals surface area contributed by atoms with Crippen LogP contribution in [0.1, 0.15) is 60.8 Å². The molecule has 0 aromatic heterocycles. The number of hydrogen-bond donors (Lipinski definition) is 0. The van der Waals surface area contributed by atoms with E-state index in [-0.39, 0.29) is 18.3 Å². The Bertz CT molecular complexity index is 275. The molecule has 0 spiro atoms. The van der Waals surface area contributed by atoms with E-state index in [9.17, 15) is 0 Å². The Hall–Kier alpha value is -0.165. The summed E-state index contributed by atoms with van der Waals surface area (Å²) in [5.41, 5.74) is 0. The van der Waals surface area contributed by atoms with Gasteiger partial charge in [0.15, 0.2) is 0 Å². The van der Waals surface area contributed by atoms with Crippen molar-refractivity contribution in [3.63, 3.8) is 0 Å². The average molecular weight is 348 g/mol. The first-order valence-electron chi connectivity index (χ1n) is 8.41. The Morgan fingerprint density at radius 2 is 0.833 bits per heavy atom. The van der Waals surface area contributed by atoms with Crippen LogP contribution in [0.5, 0.6) is 0 Å². The lowest BCUT2D eigenvalue weighted by atomic mass is 9.98. The Morgan fingerprint density at radius 3 is 1.04 bits per heavy atom. The fraction of sp³-hybridized carbons (Fsp3) is 1.00. The van der Waals surface area contributed by atoms with E-state index in [0.717, 1.165) is 19.3 Å². The zero-order valence-electron chi connectivity index (χ0n) is 15.3. The van der Waals surface area contributed by atoms with E-state index in [0.29, 0.717) is 0 Å². The summed E-state index contributed by atoms with van der Waals surface area (Å²) in [6.07, 6.45) is 1.89. The topological polar surface area (TPSA) is 83.1 Å². The largest absolute Gasteiger partial charge is 0.644 e. The molecule has 1 fully saturated rings. The molecule has 0 amide bonds. The standard InChI is InChI=1S/C12H27B3O9/c1-7-10(4)16-22-13-19-14(23-17-11(5)8-2)21-15(20-13)24-18-12(6)9-3/h10-12H,7-9H2,1-6H3. The summed E-state index contributed by atoms with van der Waals surface area (Å²) < 4.78 is 15.8. The molecule has 0 N–H and O–H groups in total. The van der Waals surface area contributed by atoms with Gasteiger partial charge in [-0.3, -0.25) is 0 Å². The zero-order valence-corrected chi connectivity index (χ0v) is 15.3. The Kier molecular flexibility index (Phi) is 11.1. The van der Waals surface area contributed by atoms with Gasteiger partial charge in [0.25, 0.3) is 0 Å². The summed E-state index contributed by atoms with van der Waals surface area (Å²) in [6, 6.07) is 0. The molecule has 3 atom stereocenters. The van der Waals surface area contributed by atoms with Gasteiger partial charge in [-0.25, -0.2) is 29.1 Å². The summed E-state index contributed by atoms with van der Waals surface area (Å²) in [4.78, 5) is 30.6. The molecule has 1 rings (SSSR count). The number of rotatable bonds is 12. The van der Waals surface area contributed by atoms with Crippen molar-refractivity contribution in [3.8, 4) is 0 Å². The smallest absolute Gasteiger partial charge is 0.397 e. The van der Waals surface area contributed by atoms with Crippen LogP contribution in [0.2, 0.25) is 0 Å². The van der Waals surface area contributed by atoms with Gasteiger partial charge in [-0.2, -0.15) is 0 Å². The van der Waals surface area contributed by atoms with Crippen LogP contribution in [0.3, 0.4) is 0 Å². The molecule has 24 heavy (non-hydrogen) atoms. The normalized spacial score (nSPS) is 19.5. The van der Waals surface area contributed by atoms with Crippen LogP contribution in [-0.2, 0) is 42.8 Å². The van der Waals surface area contributed by atoms with E-state index in [1.165, 1.54) is 0 Å². The lowest BCUT2D eigenvalue weighted by Crippen LogP contribution is -2.53. The fourth-order valence-corrected chi connectivity index (χ4v) is 1.13. The van der Waals surface area contributed by atoms with Gasteiger partial charge in [-0.1, -0.05) is 20.8 Å². The predicted molar refractivity (Wildman–Crippen MR) is 86.3 cm³/mol. The van der Waals surface area contributed by atoms with E-state index in [1.54, 1.807) is 0 Å². The summed E-state index contributed by atoms with van der Waals surface area (Å²) in [5.74, 6) is 0. The maximum Gasteiger partial charge on any atom is 0.644 e. The second kappa shape index (κ2) is 12.2. The van der Waals surface area contributed by atoms with Crippen LogP contribution in [0, 0.1) is 0 Å². The molecule has 1 aliphatic heterocycles. The summed E-state index contributed by atoms with van der Waals surface area (Å²) >= 11 is 0. The SMILES string of the molecule is CCC(C)OOB1OB(OOC(C)CC)OB(OOC(C)CC)O1. The molecule has 0 aromatic carbocycles. The fourth-order valence-electron chi connectivity index (χ4n) is 1.13. The molecular weight excluding hydrogens is 321 g/mol. The van der Waals surface area contributed by atoms with Gasteiger partial charge in [0, 0.05) is 0 Å². The van der Waals surface area contributed by atoms with Crippen LogP contribution in [-0.4, -0.2) is 40.3 Å². The lowest BCUT2D eigenvalue weighted by molar-refractivity contribution is -0.296. The van der Waals surface area contributed by atoms with Crippen molar-refractivity contribution in [1.82, 2.24) is 0 Å². The van der Waals surface area contributed by atoms with Crippen LogP contribution in [0.15, 0.2) is 0 Å². The molecule has 1 saturated heterocycles. The van der Waals surface area contributed by atoms with Crippen LogP contribution in [0.25, 0.3) is 0 Å². The predicted octanol–water partition coefficient (Wildman–Crippen LogP) is 2.24. The molecular formula is C12H27B3O9.